The number of rotatable bonds is 8. The van der Waals surface area contributed by atoms with Crippen molar-refractivity contribution in [1.82, 2.24) is 0 Å². The van der Waals surface area contributed by atoms with Crippen LogP contribution in [0.3, 0.4) is 0 Å². The Bertz CT molecular complexity index is 1280. The average molecular weight is 575 g/mol. The fraction of sp³-hybridized carbons (Fsp3) is 0.0952. The van der Waals surface area contributed by atoms with Gasteiger partial charge in [-0.25, -0.2) is 0 Å². The number of oxime groups is 1. The largest absolute Gasteiger partial charge is 0.443 e. The molecule has 0 bridgehead atoms. The number of nitro groups is 2. The minimum absolute atomic E-state index is 0.0101. The predicted octanol–water partition coefficient (Wildman–Crippen LogP) is 7.28. The summed E-state index contributed by atoms with van der Waals surface area (Å²) < 4.78 is 45.3. The van der Waals surface area contributed by atoms with E-state index in [0.717, 1.165) is 0 Å². The Balaban J connectivity index is 1.98. The minimum Gasteiger partial charge on any atom is -0.443 e. The van der Waals surface area contributed by atoms with Crippen LogP contribution in [-0.4, -0.2) is 16.1 Å². The van der Waals surface area contributed by atoms with E-state index >= 15 is 0 Å². The van der Waals surface area contributed by atoms with Crippen molar-refractivity contribution in [3.05, 3.63) is 101 Å². The highest BCUT2D eigenvalue weighted by Crippen LogP contribution is 2.45. The van der Waals surface area contributed by atoms with Crippen LogP contribution >= 0.6 is 27.5 Å². The van der Waals surface area contributed by atoms with Crippen LogP contribution in [0.5, 0.6) is 11.5 Å². The molecule has 0 aliphatic heterocycles. The van der Waals surface area contributed by atoms with Gasteiger partial charge in [-0.1, -0.05) is 50.9 Å². The molecule has 14 heteroatoms. The molecular formula is C21H12BrClF3N3O6. The zero-order valence-electron chi connectivity index (χ0n) is 17.2. The molecule has 0 atom stereocenters. The molecule has 35 heavy (non-hydrogen) atoms. The first-order valence-electron chi connectivity index (χ1n) is 9.37. The van der Waals surface area contributed by atoms with Gasteiger partial charge in [0.05, 0.1) is 21.6 Å². The van der Waals surface area contributed by atoms with Crippen molar-refractivity contribution < 1.29 is 32.6 Å². The molecule has 0 aliphatic carbocycles. The number of halogens is 5. The van der Waals surface area contributed by atoms with Gasteiger partial charge in [0.25, 0.3) is 5.75 Å². The third-order valence-corrected chi connectivity index (χ3v) is 5.26. The third kappa shape index (κ3) is 6.45. The molecule has 0 saturated carbocycles. The topological polar surface area (TPSA) is 117 Å². The summed E-state index contributed by atoms with van der Waals surface area (Å²) in [5.74, 6) is -1.13. The summed E-state index contributed by atoms with van der Waals surface area (Å²) in [7, 11) is 0. The fourth-order valence-electron chi connectivity index (χ4n) is 2.78. The van der Waals surface area contributed by atoms with Crippen LogP contribution in [0.25, 0.3) is 0 Å². The molecule has 0 radical (unpaired) electrons. The number of nitro benzene ring substituents is 2. The van der Waals surface area contributed by atoms with Gasteiger partial charge in [0.2, 0.25) is 0 Å². The highest BCUT2D eigenvalue weighted by molar-refractivity contribution is 9.10. The quantitative estimate of drug-likeness (QED) is 0.158. The second-order valence-electron chi connectivity index (χ2n) is 6.74. The van der Waals surface area contributed by atoms with Crippen molar-refractivity contribution >= 4 is 45.1 Å². The maximum Gasteiger partial charge on any atom is 0.416 e. The van der Waals surface area contributed by atoms with E-state index in [0.29, 0.717) is 15.1 Å². The summed E-state index contributed by atoms with van der Waals surface area (Å²) in [6.07, 6.45) is -3.89. The van der Waals surface area contributed by atoms with Crippen LogP contribution in [0.2, 0.25) is 5.02 Å². The van der Waals surface area contributed by atoms with Crippen LogP contribution in [0.1, 0.15) is 16.7 Å². The second kappa shape index (κ2) is 10.7. The first-order valence-corrected chi connectivity index (χ1v) is 10.5. The molecule has 3 aromatic carbocycles. The lowest BCUT2D eigenvalue weighted by Gasteiger charge is -2.12. The molecule has 0 fully saturated rings. The molecule has 0 heterocycles. The van der Waals surface area contributed by atoms with Gasteiger partial charge in [-0.05, 0) is 24.3 Å². The van der Waals surface area contributed by atoms with Gasteiger partial charge in [-0.3, -0.25) is 20.2 Å². The zero-order chi connectivity index (χ0) is 25.8. The van der Waals surface area contributed by atoms with E-state index in [1.165, 1.54) is 24.4 Å². The van der Waals surface area contributed by atoms with E-state index in [9.17, 15) is 33.4 Å². The normalized spacial score (nSPS) is 11.5. The molecular weight excluding hydrogens is 563 g/mol. The molecule has 0 unspecified atom stereocenters. The average Bonchev–Trinajstić information content (AvgIpc) is 2.78. The molecule has 0 saturated heterocycles. The SMILES string of the molecule is O=[N+]([O-])c1cc(C(F)(F)F)cc([N+](=O)[O-])c1Oc1ccc(Br)cc1/C=N/OCc1ccccc1Cl. The van der Waals surface area contributed by atoms with Crippen LogP contribution in [0, 0.1) is 20.2 Å². The summed E-state index contributed by atoms with van der Waals surface area (Å²) in [6.45, 7) is 0.0101. The summed E-state index contributed by atoms with van der Waals surface area (Å²) in [5.41, 5.74) is -3.22. The number of nitrogens with zero attached hydrogens (tertiary/aromatic N) is 3. The molecule has 3 rings (SSSR count). The summed E-state index contributed by atoms with van der Waals surface area (Å²) in [6, 6.07) is 11.4. The van der Waals surface area contributed by atoms with E-state index < -0.39 is 38.7 Å². The molecule has 0 aromatic heterocycles. The summed E-state index contributed by atoms with van der Waals surface area (Å²) in [4.78, 5) is 25.7. The van der Waals surface area contributed by atoms with Gasteiger partial charge in [0.15, 0.2) is 0 Å². The van der Waals surface area contributed by atoms with Gasteiger partial charge >= 0.3 is 17.6 Å². The van der Waals surface area contributed by atoms with E-state index in [2.05, 4.69) is 21.1 Å². The Morgan fingerprint density at radius 1 is 1.03 bits per heavy atom. The molecule has 0 amide bonds. The molecule has 182 valence electrons. The van der Waals surface area contributed by atoms with Gasteiger partial charge in [0, 0.05) is 32.8 Å². The van der Waals surface area contributed by atoms with Gasteiger partial charge < -0.3 is 9.57 Å². The van der Waals surface area contributed by atoms with Crippen LogP contribution in [-0.2, 0) is 17.6 Å². The molecule has 3 aromatic rings. The first-order chi connectivity index (χ1) is 16.5. The number of alkyl halides is 3. The van der Waals surface area contributed by atoms with Crippen molar-refractivity contribution in [2.24, 2.45) is 5.16 Å². The Hall–Kier alpha value is -3.71. The number of hydrogen-bond acceptors (Lipinski definition) is 7. The molecule has 0 spiro atoms. The van der Waals surface area contributed by atoms with E-state index in [1.54, 1.807) is 24.3 Å². The van der Waals surface area contributed by atoms with Gasteiger partial charge in [-0.2, -0.15) is 13.2 Å². The lowest BCUT2D eigenvalue weighted by atomic mass is 10.1. The Morgan fingerprint density at radius 3 is 2.23 bits per heavy atom. The Morgan fingerprint density at radius 2 is 1.66 bits per heavy atom. The Labute approximate surface area is 208 Å². The minimum atomic E-state index is -5.05. The molecule has 0 aliphatic rings. The first kappa shape index (κ1) is 25.9. The molecule has 0 N–H and O–H groups in total. The fourth-order valence-corrected chi connectivity index (χ4v) is 3.35. The maximum atomic E-state index is 13.1. The predicted molar refractivity (Wildman–Crippen MR) is 123 cm³/mol. The maximum absolute atomic E-state index is 13.1. The third-order valence-electron chi connectivity index (χ3n) is 4.40. The van der Waals surface area contributed by atoms with Crippen molar-refractivity contribution in [1.29, 1.82) is 0 Å². The second-order valence-corrected chi connectivity index (χ2v) is 8.06. The monoisotopic (exact) mass is 573 g/mol. The highest BCUT2D eigenvalue weighted by Gasteiger charge is 2.38. The number of benzene rings is 3. The smallest absolute Gasteiger partial charge is 0.416 e. The van der Waals surface area contributed by atoms with Crippen LogP contribution in [0.15, 0.2) is 64.2 Å². The van der Waals surface area contributed by atoms with E-state index in [4.69, 9.17) is 21.2 Å². The standard InChI is InChI=1S/C21H12BrClF3N3O6/c22-15-5-6-19(13(7-15)10-27-34-11-12-3-1-2-4-16(12)23)35-20-17(28(30)31)8-14(21(24,25)26)9-18(20)29(32)33/h1-10H,11H2/b27-10+. The molecule has 9 nitrogen and oxygen atoms in total. The van der Waals surface area contributed by atoms with Crippen LogP contribution in [0.4, 0.5) is 24.5 Å². The van der Waals surface area contributed by atoms with Crippen LogP contribution < -0.4 is 4.74 Å². The van der Waals surface area contributed by atoms with Gasteiger partial charge in [-0.15, -0.1) is 0 Å². The van der Waals surface area contributed by atoms with E-state index in [-0.39, 0.29) is 30.1 Å². The highest BCUT2D eigenvalue weighted by atomic mass is 79.9. The lowest BCUT2D eigenvalue weighted by Crippen LogP contribution is -2.08. The van der Waals surface area contributed by atoms with Crippen molar-refractivity contribution in [2.75, 3.05) is 0 Å². The zero-order valence-corrected chi connectivity index (χ0v) is 19.5. The number of hydrogen-bond donors (Lipinski definition) is 0. The summed E-state index contributed by atoms with van der Waals surface area (Å²) in [5, 5.41) is 27.1. The lowest BCUT2D eigenvalue weighted by molar-refractivity contribution is -0.396. The Kier molecular flexibility index (Phi) is 7.92. The van der Waals surface area contributed by atoms with Crippen molar-refractivity contribution in [2.45, 2.75) is 12.8 Å². The van der Waals surface area contributed by atoms with E-state index in [1.807, 2.05) is 0 Å². The number of ether oxygens (including phenoxy) is 1. The van der Waals surface area contributed by atoms with Crippen molar-refractivity contribution in [3.8, 4) is 11.5 Å². The summed E-state index contributed by atoms with van der Waals surface area (Å²) >= 11 is 9.26. The van der Waals surface area contributed by atoms with Gasteiger partial charge in [0.1, 0.15) is 12.4 Å². The van der Waals surface area contributed by atoms with Crippen molar-refractivity contribution in [3.63, 3.8) is 0 Å².